The summed E-state index contributed by atoms with van der Waals surface area (Å²) in [4.78, 5) is 31.2. The Morgan fingerprint density at radius 1 is 1.00 bits per heavy atom. The lowest BCUT2D eigenvalue weighted by Crippen LogP contribution is -2.43. The van der Waals surface area contributed by atoms with Crippen LogP contribution in [-0.2, 0) is 4.79 Å². The normalized spacial score (nSPS) is 18.2. The lowest BCUT2D eigenvalue weighted by atomic mass is 9.82. The van der Waals surface area contributed by atoms with Crippen molar-refractivity contribution in [2.45, 2.75) is 52.5 Å². The summed E-state index contributed by atoms with van der Waals surface area (Å²) in [6.07, 6.45) is 12.7. The standard InChI is InChI=1S/C28H32N4O3/c1-19(2)32(27(33)23-10-4-20(3)5-11-23)26-25(28(34)35)18-31(30-26)24-12-8-21(9-13-24)6-7-22-14-16-29-17-15-22/h6-9,12-20,23H,4-5,10-11H2,1-3H3,(H,34,35)/b7-6+. The van der Waals surface area contributed by atoms with Gasteiger partial charge in [-0.15, -0.1) is 5.10 Å². The molecule has 35 heavy (non-hydrogen) atoms. The Labute approximate surface area is 206 Å². The van der Waals surface area contributed by atoms with Gasteiger partial charge < -0.3 is 5.11 Å². The van der Waals surface area contributed by atoms with E-state index in [1.54, 1.807) is 22.0 Å². The van der Waals surface area contributed by atoms with Gasteiger partial charge in [0, 0.05) is 30.6 Å². The highest BCUT2D eigenvalue weighted by Crippen LogP contribution is 2.32. The summed E-state index contributed by atoms with van der Waals surface area (Å²) in [5.41, 5.74) is 2.81. The Bertz CT molecular complexity index is 1190. The fourth-order valence-corrected chi connectivity index (χ4v) is 4.54. The van der Waals surface area contributed by atoms with Crippen molar-refractivity contribution in [1.82, 2.24) is 14.8 Å². The first kappa shape index (κ1) is 24.4. The molecule has 182 valence electrons. The Morgan fingerprint density at radius 3 is 2.17 bits per heavy atom. The minimum atomic E-state index is -1.10. The summed E-state index contributed by atoms with van der Waals surface area (Å²) in [7, 11) is 0. The summed E-state index contributed by atoms with van der Waals surface area (Å²) in [6, 6.07) is 11.3. The van der Waals surface area contributed by atoms with Crippen molar-refractivity contribution in [3.05, 3.63) is 71.7 Å². The molecule has 1 amide bonds. The summed E-state index contributed by atoms with van der Waals surface area (Å²) >= 11 is 0. The number of anilines is 1. The molecule has 0 bridgehead atoms. The van der Waals surface area contributed by atoms with Crippen LogP contribution in [0.3, 0.4) is 0 Å². The van der Waals surface area contributed by atoms with Crippen LogP contribution in [0.25, 0.3) is 17.8 Å². The zero-order valence-electron chi connectivity index (χ0n) is 20.5. The van der Waals surface area contributed by atoms with Crippen molar-refractivity contribution in [2.24, 2.45) is 11.8 Å². The molecule has 0 atom stereocenters. The number of nitrogens with zero attached hydrogens (tertiary/aromatic N) is 4. The third-order valence-electron chi connectivity index (χ3n) is 6.60. The third-order valence-corrected chi connectivity index (χ3v) is 6.60. The molecule has 2 aromatic heterocycles. The smallest absolute Gasteiger partial charge is 0.341 e. The van der Waals surface area contributed by atoms with Gasteiger partial charge >= 0.3 is 5.97 Å². The van der Waals surface area contributed by atoms with Crippen LogP contribution in [0.15, 0.2) is 55.0 Å². The van der Waals surface area contributed by atoms with E-state index in [1.807, 2.05) is 62.4 Å². The summed E-state index contributed by atoms with van der Waals surface area (Å²) in [6.45, 7) is 6.02. The predicted molar refractivity (Wildman–Crippen MR) is 137 cm³/mol. The number of carboxylic acids is 1. The van der Waals surface area contributed by atoms with Crippen LogP contribution < -0.4 is 4.90 Å². The van der Waals surface area contributed by atoms with E-state index in [0.717, 1.165) is 42.5 Å². The SMILES string of the molecule is CC1CCC(C(=O)N(c2nn(-c3ccc(/C=C/c4ccncc4)cc3)cc2C(=O)O)C(C)C)CC1. The molecule has 0 spiro atoms. The number of hydrogen-bond acceptors (Lipinski definition) is 4. The van der Waals surface area contributed by atoms with Crippen LogP contribution in [0.1, 0.15) is 67.9 Å². The number of amides is 1. The number of hydrogen-bond donors (Lipinski definition) is 1. The van der Waals surface area contributed by atoms with Gasteiger partial charge in [-0.1, -0.05) is 31.2 Å². The maximum atomic E-state index is 13.5. The number of carbonyl (C=O) groups is 2. The van der Waals surface area contributed by atoms with Crippen molar-refractivity contribution < 1.29 is 14.7 Å². The summed E-state index contributed by atoms with van der Waals surface area (Å²) in [5.74, 6) is -0.386. The summed E-state index contributed by atoms with van der Waals surface area (Å²) in [5, 5.41) is 14.5. The van der Waals surface area contributed by atoms with E-state index in [2.05, 4.69) is 17.0 Å². The predicted octanol–water partition coefficient (Wildman–Crippen LogP) is 5.70. The van der Waals surface area contributed by atoms with Crippen LogP contribution in [0.2, 0.25) is 0 Å². The molecule has 7 nitrogen and oxygen atoms in total. The van der Waals surface area contributed by atoms with E-state index in [0.29, 0.717) is 5.92 Å². The lowest BCUT2D eigenvalue weighted by molar-refractivity contribution is -0.123. The number of aromatic nitrogens is 3. The van der Waals surface area contributed by atoms with Crippen molar-refractivity contribution in [1.29, 1.82) is 0 Å². The van der Waals surface area contributed by atoms with E-state index in [4.69, 9.17) is 0 Å². The Hall–Kier alpha value is -3.74. The lowest BCUT2D eigenvalue weighted by Gasteiger charge is -2.32. The Morgan fingerprint density at radius 2 is 1.60 bits per heavy atom. The molecule has 0 unspecified atom stereocenters. The topological polar surface area (TPSA) is 88.3 Å². The van der Waals surface area contributed by atoms with Gasteiger partial charge in [-0.3, -0.25) is 14.7 Å². The number of carbonyl (C=O) groups excluding carboxylic acids is 1. The number of benzene rings is 1. The van der Waals surface area contributed by atoms with Crippen molar-refractivity contribution in [3.63, 3.8) is 0 Å². The molecule has 0 aliphatic heterocycles. The van der Waals surface area contributed by atoms with Crippen molar-refractivity contribution in [3.8, 4) is 5.69 Å². The second kappa shape index (κ2) is 10.7. The van der Waals surface area contributed by atoms with E-state index < -0.39 is 5.97 Å². The fraction of sp³-hybridized carbons (Fsp3) is 0.357. The zero-order valence-corrected chi connectivity index (χ0v) is 20.5. The minimum Gasteiger partial charge on any atom is -0.477 e. The van der Waals surface area contributed by atoms with Crippen LogP contribution in [0.5, 0.6) is 0 Å². The Balaban J connectivity index is 1.60. The van der Waals surface area contributed by atoms with E-state index in [9.17, 15) is 14.7 Å². The van der Waals surface area contributed by atoms with Gasteiger partial charge in [-0.2, -0.15) is 0 Å². The Kier molecular flexibility index (Phi) is 7.44. The van der Waals surface area contributed by atoms with Crippen LogP contribution in [-0.4, -0.2) is 37.8 Å². The molecule has 4 rings (SSSR count). The second-order valence-corrected chi connectivity index (χ2v) is 9.58. The maximum absolute atomic E-state index is 13.5. The molecule has 1 aliphatic carbocycles. The maximum Gasteiger partial charge on any atom is 0.341 e. The molecule has 1 aliphatic rings. The van der Waals surface area contributed by atoms with Crippen molar-refractivity contribution in [2.75, 3.05) is 4.90 Å². The zero-order chi connectivity index (χ0) is 24.9. The van der Waals surface area contributed by atoms with E-state index in [-0.39, 0.29) is 29.2 Å². The average molecular weight is 473 g/mol. The second-order valence-electron chi connectivity index (χ2n) is 9.58. The van der Waals surface area contributed by atoms with Gasteiger partial charge in [0.05, 0.1) is 5.69 Å². The molecule has 1 N–H and O–H groups in total. The molecule has 1 fully saturated rings. The first-order valence-corrected chi connectivity index (χ1v) is 12.2. The molecule has 2 heterocycles. The molecule has 1 saturated carbocycles. The van der Waals surface area contributed by atoms with E-state index >= 15 is 0 Å². The highest BCUT2D eigenvalue weighted by molar-refractivity contribution is 6.01. The van der Waals surface area contributed by atoms with E-state index in [1.165, 1.54) is 6.20 Å². The molecule has 7 heteroatoms. The molecule has 0 saturated heterocycles. The summed E-state index contributed by atoms with van der Waals surface area (Å²) < 4.78 is 1.54. The average Bonchev–Trinajstić information content (AvgIpc) is 3.29. The van der Waals surface area contributed by atoms with Gasteiger partial charge in [-0.05, 0) is 80.8 Å². The highest BCUT2D eigenvalue weighted by atomic mass is 16.4. The number of aromatic carboxylic acids is 1. The van der Waals surface area contributed by atoms with Crippen molar-refractivity contribution >= 4 is 29.8 Å². The molecular formula is C28H32N4O3. The molecule has 3 aromatic rings. The number of rotatable bonds is 7. The number of carboxylic acid groups (broad SMARTS) is 1. The minimum absolute atomic E-state index is 0.0258. The van der Waals surface area contributed by atoms with Gasteiger partial charge in [0.25, 0.3) is 0 Å². The number of pyridine rings is 1. The fourth-order valence-electron chi connectivity index (χ4n) is 4.54. The monoisotopic (exact) mass is 472 g/mol. The van der Waals surface area contributed by atoms with Crippen LogP contribution >= 0.6 is 0 Å². The quantitative estimate of drug-likeness (QED) is 0.476. The third kappa shape index (κ3) is 5.67. The van der Waals surface area contributed by atoms with Gasteiger partial charge in [-0.25, -0.2) is 9.48 Å². The molecular weight excluding hydrogens is 440 g/mol. The van der Waals surface area contributed by atoms with Crippen LogP contribution in [0.4, 0.5) is 5.82 Å². The van der Waals surface area contributed by atoms with Gasteiger partial charge in [0.2, 0.25) is 5.91 Å². The largest absolute Gasteiger partial charge is 0.477 e. The first-order chi connectivity index (χ1) is 16.8. The molecule has 0 radical (unpaired) electrons. The van der Waals surface area contributed by atoms with Gasteiger partial charge in [0.1, 0.15) is 5.56 Å². The molecule has 1 aromatic carbocycles. The van der Waals surface area contributed by atoms with Gasteiger partial charge in [0.15, 0.2) is 5.82 Å². The van der Waals surface area contributed by atoms with Crippen LogP contribution in [0, 0.1) is 11.8 Å². The first-order valence-electron chi connectivity index (χ1n) is 12.2. The highest BCUT2D eigenvalue weighted by Gasteiger charge is 2.34.